The van der Waals surface area contributed by atoms with E-state index in [0.717, 1.165) is 33.8 Å². The molecule has 2 rings (SSSR count). The van der Waals surface area contributed by atoms with Crippen LogP contribution in [0.15, 0.2) is 10.7 Å². The van der Waals surface area contributed by atoms with E-state index < -0.39 is 0 Å². The Morgan fingerprint density at radius 3 is 2.73 bits per heavy atom. The van der Waals surface area contributed by atoms with Gasteiger partial charge in [0, 0.05) is 5.69 Å². The second kappa shape index (κ2) is 3.81. The van der Waals surface area contributed by atoms with Gasteiger partial charge in [0.15, 0.2) is 4.60 Å². The van der Waals surface area contributed by atoms with Gasteiger partial charge >= 0.3 is 0 Å². The molecule has 4 nitrogen and oxygen atoms in total. The fourth-order valence-corrected chi connectivity index (χ4v) is 2.16. The van der Waals surface area contributed by atoms with Crippen LogP contribution in [0, 0.1) is 13.8 Å². The van der Waals surface area contributed by atoms with Crippen molar-refractivity contribution in [2.75, 3.05) is 0 Å². The van der Waals surface area contributed by atoms with E-state index in [1.807, 2.05) is 18.5 Å². The normalized spacial score (nSPS) is 10.9. The lowest BCUT2D eigenvalue weighted by Crippen LogP contribution is -2.01. The minimum Gasteiger partial charge on any atom is -0.279 e. The first-order chi connectivity index (χ1) is 7.13. The molecule has 0 atom stereocenters. The summed E-state index contributed by atoms with van der Waals surface area (Å²) >= 11 is 3.43. The van der Waals surface area contributed by atoms with Crippen molar-refractivity contribution < 1.29 is 0 Å². The molecule has 0 unspecified atom stereocenters. The van der Waals surface area contributed by atoms with Crippen LogP contribution >= 0.6 is 15.9 Å². The number of aryl methyl sites for hydroxylation is 3. The third kappa shape index (κ3) is 1.71. The summed E-state index contributed by atoms with van der Waals surface area (Å²) in [5.41, 5.74) is 4.24. The Labute approximate surface area is 96.8 Å². The molecular formula is C10H13BrN4. The molecule has 80 valence electrons. The number of aromatic nitrogens is 4. The smallest absolute Gasteiger partial charge is 0.153 e. The molecule has 0 aliphatic heterocycles. The number of nitrogens with one attached hydrogen (secondary N) is 1. The van der Waals surface area contributed by atoms with E-state index in [2.05, 4.69) is 44.2 Å². The molecule has 5 heteroatoms. The third-order valence-electron chi connectivity index (χ3n) is 2.35. The summed E-state index contributed by atoms with van der Waals surface area (Å²) in [4.78, 5) is 0. The van der Waals surface area contributed by atoms with Crippen LogP contribution in [0.2, 0.25) is 0 Å². The van der Waals surface area contributed by atoms with Crippen molar-refractivity contribution in [2.45, 2.75) is 27.2 Å². The Morgan fingerprint density at radius 2 is 2.20 bits per heavy atom. The minimum absolute atomic E-state index is 0.811. The number of hydrogen-bond acceptors (Lipinski definition) is 2. The Hall–Kier alpha value is -1.10. The summed E-state index contributed by atoms with van der Waals surface area (Å²) in [6.07, 6.45) is 0.909. The van der Waals surface area contributed by atoms with Gasteiger partial charge in [-0.05, 0) is 42.3 Å². The van der Waals surface area contributed by atoms with Crippen LogP contribution in [0.4, 0.5) is 0 Å². The first kappa shape index (κ1) is 10.4. The van der Waals surface area contributed by atoms with Gasteiger partial charge < -0.3 is 0 Å². The number of nitrogens with zero attached hydrogens (tertiary/aromatic N) is 3. The van der Waals surface area contributed by atoms with Crippen LogP contribution in [0.5, 0.6) is 0 Å². The highest BCUT2D eigenvalue weighted by atomic mass is 79.9. The maximum atomic E-state index is 4.45. The molecule has 0 aliphatic rings. The highest BCUT2D eigenvalue weighted by molar-refractivity contribution is 9.10. The summed E-state index contributed by atoms with van der Waals surface area (Å²) in [7, 11) is 0. The lowest BCUT2D eigenvalue weighted by Gasteiger charge is -2.04. The monoisotopic (exact) mass is 268 g/mol. The van der Waals surface area contributed by atoms with Crippen molar-refractivity contribution in [3.05, 3.63) is 27.8 Å². The van der Waals surface area contributed by atoms with Crippen LogP contribution in [-0.2, 0) is 6.42 Å². The molecule has 0 saturated heterocycles. The molecule has 0 spiro atoms. The number of hydrogen-bond donors (Lipinski definition) is 1. The van der Waals surface area contributed by atoms with Crippen molar-refractivity contribution in [1.82, 2.24) is 20.0 Å². The summed E-state index contributed by atoms with van der Waals surface area (Å²) in [5.74, 6) is 0. The van der Waals surface area contributed by atoms with Gasteiger partial charge in [0.1, 0.15) is 5.69 Å². The summed E-state index contributed by atoms with van der Waals surface area (Å²) in [6, 6.07) is 2.05. The molecule has 2 aromatic heterocycles. The van der Waals surface area contributed by atoms with Crippen LogP contribution < -0.4 is 0 Å². The van der Waals surface area contributed by atoms with E-state index in [-0.39, 0.29) is 0 Å². The second-order valence-electron chi connectivity index (χ2n) is 3.53. The van der Waals surface area contributed by atoms with Crippen LogP contribution in [0.1, 0.15) is 24.0 Å². The predicted octanol–water partition coefficient (Wildman–Crippen LogP) is 2.54. The van der Waals surface area contributed by atoms with Gasteiger partial charge in [0.2, 0.25) is 0 Å². The zero-order valence-electron chi connectivity index (χ0n) is 9.00. The maximum absolute atomic E-state index is 4.45. The number of halogens is 1. The van der Waals surface area contributed by atoms with E-state index in [1.54, 1.807) is 0 Å². The van der Waals surface area contributed by atoms with Gasteiger partial charge in [0.25, 0.3) is 0 Å². The van der Waals surface area contributed by atoms with E-state index in [0.29, 0.717) is 0 Å². The van der Waals surface area contributed by atoms with E-state index >= 15 is 0 Å². The van der Waals surface area contributed by atoms with Gasteiger partial charge in [-0.15, -0.1) is 0 Å². The Balaban J connectivity index is 2.62. The summed E-state index contributed by atoms with van der Waals surface area (Å²) in [5, 5.41) is 11.6. The molecule has 1 N–H and O–H groups in total. The first-order valence-corrected chi connectivity index (χ1v) is 5.69. The van der Waals surface area contributed by atoms with Gasteiger partial charge in [0.05, 0.1) is 11.4 Å². The largest absolute Gasteiger partial charge is 0.279 e. The zero-order chi connectivity index (χ0) is 11.0. The third-order valence-corrected chi connectivity index (χ3v) is 2.90. The predicted molar refractivity (Wildman–Crippen MR) is 62.3 cm³/mol. The molecular weight excluding hydrogens is 256 g/mol. The van der Waals surface area contributed by atoms with Crippen molar-refractivity contribution in [3.8, 4) is 5.69 Å². The number of H-pyrrole nitrogens is 1. The molecule has 0 saturated carbocycles. The maximum Gasteiger partial charge on any atom is 0.153 e. The van der Waals surface area contributed by atoms with Crippen LogP contribution in [-0.4, -0.2) is 20.0 Å². The fraction of sp³-hybridized carbons (Fsp3) is 0.400. The SMILES string of the molecule is CCc1[nH]nc(Br)c1-n1nc(C)cc1C. The van der Waals surface area contributed by atoms with Crippen LogP contribution in [0.3, 0.4) is 0 Å². The van der Waals surface area contributed by atoms with Gasteiger partial charge in [-0.1, -0.05) is 6.92 Å². The Morgan fingerprint density at radius 1 is 1.47 bits per heavy atom. The molecule has 0 aromatic carbocycles. The lowest BCUT2D eigenvalue weighted by molar-refractivity contribution is 0.816. The summed E-state index contributed by atoms with van der Waals surface area (Å²) < 4.78 is 2.73. The van der Waals surface area contributed by atoms with Gasteiger partial charge in [-0.2, -0.15) is 10.2 Å². The highest BCUT2D eigenvalue weighted by Crippen LogP contribution is 2.23. The number of aromatic amines is 1. The Bertz CT molecular complexity index is 484. The molecule has 0 amide bonds. The molecule has 15 heavy (non-hydrogen) atoms. The average molecular weight is 269 g/mol. The first-order valence-electron chi connectivity index (χ1n) is 4.90. The molecule has 0 aliphatic carbocycles. The quantitative estimate of drug-likeness (QED) is 0.910. The van der Waals surface area contributed by atoms with E-state index in [4.69, 9.17) is 0 Å². The van der Waals surface area contributed by atoms with Crippen molar-refractivity contribution in [2.24, 2.45) is 0 Å². The fourth-order valence-electron chi connectivity index (χ4n) is 1.66. The molecule has 2 heterocycles. The standard InChI is InChI=1S/C10H13BrN4/c1-4-8-9(10(11)13-12-8)15-7(3)5-6(2)14-15/h5H,4H2,1-3H3,(H,12,13). The molecule has 0 radical (unpaired) electrons. The van der Waals surface area contributed by atoms with E-state index in [9.17, 15) is 0 Å². The molecule has 0 fully saturated rings. The van der Waals surface area contributed by atoms with Gasteiger partial charge in [-0.3, -0.25) is 5.10 Å². The average Bonchev–Trinajstić information content (AvgIpc) is 2.69. The second-order valence-corrected chi connectivity index (χ2v) is 4.29. The van der Waals surface area contributed by atoms with Crippen molar-refractivity contribution in [1.29, 1.82) is 0 Å². The van der Waals surface area contributed by atoms with E-state index in [1.165, 1.54) is 0 Å². The molecule has 2 aromatic rings. The lowest BCUT2D eigenvalue weighted by atomic mass is 10.3. The van der Waals surface area contributed by atoms with Crippen LogP contribution in [0.25, 0.3) is 5.69 Å². The highest BCUT2D eigenvalue weighted by Gasteiger charge is 2.14. The number of rotatable bonds is 2. The Kier molecular flexibility index (Phi) is 2.65. The molecule has 0 bridgehead atoms. The van der Waals surface area contributed by atoms with Crippen molar-refractivity contribution >= 4 is 15.9 Å². The zero-order valence-corrected chi connectivity index (χ0v) is 10.6. The van der Waals surface area contributed by atoms with Crippen molar-refractivity contribution in [3.63, 3.8) is 0 Å². The summed E-state index contributed by atoms with van der Waals surface area (Å²) in [6.45, 7) is 6.12. The minimum atomic E-state index is 0.811. The topological polar surface area (TPSA) is 46.5 Å². The van der Waals surface area contributed by atoms with Gasteiger partial charge in [-0.25, -0.2) is 4.68 Å².